The fourth-order valence-corrected chi connectivity index (χ4v) is 1.77. The molecule has 0 saturated heterocycles. The third kappa shape index (κ3) is 2.49. The molecule has 0 amide bonds. The van der Waals surface area contributed by atoms with Gasteiger partial charge in [-0.25, -0.2) is 4.98 Å². The van der Waals surface area contributed by atoms with Crippen molar-refractivity contribution in [1.29, 1.82) is 0 Å². The van der Waals surface area contributed by atoms with E-state index in [1.165, 1.54) is 11.1 Å². The molecular formula is C12H11IN2O. The fourth-order valence-electron chi connectivity index (χ4n) is 1.49. The molecule has 2 aromatic rings. The summed E-state index contributed by atoms with van der Waals surface area (Å²) in [5.41, 5.74) is 2.33. The Kier molecular flexibility index (Phi) is 3.38. The van der Waals surface area contributed by atoms with Crippen LogP contribution in [0.2, 0.25) is 0 Å². The van der Waals surface area contributed by atoms with E-state index in [2.05, 4.69) is 23.0 Å². The minimum absolute atomic E-state index is 0.0702. The van der Waals surface area contributed by atoms with Gasteiger partial charge >= 0.3 is 0 Å². The fraction of sp³-hybridized carbons (Fsp3) is 0.167. The predicted octanol–water partition coefficient (Wildman–Crippen LogP) is 2.27. The Morgan fingerprint density at radius 2 is 2.12 bits per heavy atom. The molecule has 1 N–H and O–H groups in total. The SMILES string of the molecule is Cc1ccccc1Cc1ncc(I)c(=O)[nH]1. The summed E-state index contributed by atoms with van der Waals surface area (Å²) in [6.45, 7) is 2.06. The number of hydrogen-bond acceptors (Lipinski definition) is 2. The maximum Gasteiger partial charge on any atom is 0.264 e. The van der Waals surface area contributed by atoms with Crippen LogP contribution in [0.3, 0.4) is 0 Å². The maximum atomic E-state index is 11.4. The van der Waals surface area contributed by atoms with Gasteiger partial charge in [-0.3, -0.25) is 4.79 Å². The summed E-state index contributed by atoms with van der Waals surface area (Å²) in [6.07, 6.45) is 2.27. The first-order valence-corrected chi connectivity index (χ1v) is 6.03. The quantitative estimate of drug-likeness (QED) is 0.861. The van der Waals surface area contributed by atoms with E-state index in [4.69, 9.17) is 0 Å². The summed E-state index contributed by atoms with van der Waals surface area (Å²) in [4.78, 5) is 18.4. The average Bonchev–Trinajstić information content (AvgIpc) is 2.27. The number of nitrogens with one attached hydrogen (secondary N) is 1. The highest BCUT2D eigenvalue weighted by molar-refractivity contribution is 14.1. The number of aromatic amines is 1. The lowest BCUT2D eigenvalue weighted by Crippen LogP contribution is -2.14. The van der Waals surface area contributed by atoms with E-state index in [-0.39, 0.29) is 5.56 Å². The van der Waals surface area contributed by atoms with E-state index in [1.807, 2.05) is 40.8 Å². The molecule has 3 nitrogen and oxygen atoms in total. The van der Waals surface area contributed by atoms with Crippen molar-refractivity contribution in [3.05, 3.63) is 61.3 Å². The number of benzene rings is 1. The van der Waals surface area contributed by atoms with Gasteiger partial charge in [0.05, 0.1) is 3.57 Å². The predicted molar refractivity (Wildman–Crippen MR) is 71.6 cm³/mol. The topological polar surface area (TPSA) is 45.8 Å². The Bertz CT molecular complexity index is 563. The molecule has 0 atom stereocenters. The van der Waals surface area contributed by atoms with Crippen LogP contribution < -0.4 is 5.56 Å². The molecule has 0 aliphatic heterocycles. The van der Waals surface area contributed by atoms with Crippen LogP contribution in [-0.4, -0.2) is 9.97 Å². The lowest BCUT2D eigenvalue weighted by Gasteiger charge is -2.04. The average molecular weight is 326 g/mol. The Labute approximate surface area is 107 Å². The summed E-state index contributed by atoms with van der Waals surface area (Å²) in [7, 11) is 0. The van der Waals surface area contributed by atoms with E-state index in [0.717, 1.165) is 0 Å². The van der Waals surface area contributed by atoms with Crippen molar-refractivity contribution in [1.82, 2.24) is 9.97 Å². The Morgan fingerprint density at radius 3 is 2.81 bits per heavy atom. The largest absolute Gasteiger partial charge is 0.309 e. The molecule has 16 heavy (non-hydrogen) atoms. The van der Waals surface area contributed by atoms with Crippen LogP contribution in [0.15, 0.2) is 35.3 Å². The zero-order valence-electron chi connectivity index (χ0n) is 8.83. The maximum absolute atomic E-state index is 11.4. The zero-order valence-corrected chi connectivity index (χ0v) is 11.0. The van der Waals surface area contributed by atoms with Crippen molar-refractivity contribution in [3.63, 3.8) is 0 Å². The highest BCUT2D eigenvalue weighted by Crippen LogP contribution is 2.10. The van der Waals surface area contributed by atoms with Gasteiger partial charge in [0.2, 0.25) is 0 Å². The van der Waals surface area contributed by atoms with Crippen LogP contribution in [0, 0.1) is 10.5 Å². The third-order valence-corrected chi connectivity index (χ3v) is 3.20. The zero-order chi connectivity index (χ0) is 11.5. The number of halogens is 1. The van der Waals surface area contributed by atoms with Crippen molar-refractivity contribution < 1.29 is 0 Å². The number of nitrogens with zero attached hydrogens (tertiary/aromatic N) is 1. The first kappa shape index (κ1) is 11.3. The van der Waals surface area contributed by atoms with Gasteiger partial charge in [-0.05, 0) is 40.6 Å². The van der Waals surface area contributed by atoms with E-state index >= 15 is 0 Å². The monoisotopic (exact) mass is 326 g/mol. The highest BCUT2D eigenvalue weighted by Gasteiger charge is 2.02. The minimum atomic E-state index is -0.0702. The molecule has 0 fully saturated rings. The number of aromatic nitrogens is 2. The Morgan fingerprint density at radius 1 is 1.38 bits per heavy atom. The number of aryl methyl sites for hydroxylation is 1. The van der Waals surface area contributed by atoms with Gasteiger partial charge in [0.1, 0.15) is 5.82 Å². The second-order valence-corrected chi connectivity index (χ2v) is 4.77. The minimum Gasteiger partial charge on any atom is -0.309 e. The van der Waals surface area contributed by atoms with Gasteiger partial charge in [-0.15, -0.1) is 0 Å². The first-order chi connectivity index (χ1) is 7.66. The van der Waals surface area contributed by atoms with Crippen LogP contribution in [0.5, 0.6) is 0 Å². The second-order valence-electron chi connectivity index (χ2n) is 3.61. The van der Waals surface area contributed by atoms with Gasteiger partial charge < -0.3 is 4.98 Å². The smallest absolute Gasteiger partial charge is 0.264 e. The first-order valence-electron chi connectivity index (χ1n) is 4.95. The summed E-state index contributed by atoms with van der Waals surface area (Å²) in [5.74, 6) is 0.708. The normalized spacial score (nSPS) is 10.4. The van der Waals surface area contributed by atoms with Crippen molar-refractivity contribution in [3.8, 4) is 0 Å². The lowest BCUT2D eigenvalue weighted by atomic mass is 10.1. The number of H-pyrrole nitrogens is 1. The molecule has 1 aromatic carbocycles. The summed E-state index contributed by atoms with van der Waals surface area (Å²) in [5, 5.41) is 0. The third-order valence-electron chi connectivity index (χ3n) is 2.43. The van der Waals surface area contributed by atoms with Gasteiger partial charge in [0, 0.05) is 12.6 Å². The summed E-state index contributed by atoms with van der Waals surface area (Å²) >= 11 is 1.97. The molecule has 1 heterocycles. The lowest BCUT2D eigenvalue weighted by molar-refractivity contribution is 0.931. The highest BCUT2D eigenvalue weighted by atomic mass is 127. The molecule has 0 spiro atoms. The van der Waals surface area contributed by atoms with Crippen LogP contribution in [0.4, 0.5) is 0 Å². The van der Waals surface area contributed by atoms with Crippen molar-refractivity contribution in [2.75, 3.05) is 0 Å². The van der Waals surface area contributed by atoms with Crippen LogP contribution in [-0.2, 0) is 6.42 Å². The van der Waals surface area contributed by atoms with Gasteiger partial charge in [-0.2, -0.15) is 0 Å². The molecule has 0 radical (unpaired) electrons. The molecular weight excluding hydrogens is 315 g/mol. The molecule has 0 aliphatic rings. The van der Waals surface area contributed by atoms with E-state index in [1.54, 1.807) is 6.20 Å². The van der Waals surface area contributed by atoms with Crippen LogP contribution in [0.1, 0.15) is 17.0 Å². The molecule has 4 heteroatoms. The molecule has 0 bridgehead atoms. The summed E-state index contributed by atoms with van der Waals surface area (Å²) < 4.78 is 0.617. The molecule has 0 saturated carbocycles. The van der Waals surface area contributed by atoms with E-state index < -0.39 is 0 Å². The summed E-state index contributed by atoms with van der Waals surface area (Å²) in [6, 6.07) is 8.10. The van der Waals surface area contributed by atoms with Crippen LogP contribution >= 0.6 is 22.6 Å². The standard InChI is InChI=1S/C12H11IN2O/c1-8-4-2-3-5-9(8)6-11-14-7-10(13)12(16)15-11/h2-5,7H,6H2,1H3,(H,14,15,16). The molecule has 0 unspecified atom stereocenters. The van der Waals surface area contributed by atoms with Gasteiger partial charge in [0.25, 0.3) is 5.56 Å². The van der Waals surface area contributed by atoms with Gasteiger partial charge in [0.15, 0.2) is 0 Å². The van der Waals surface area contributed by atoms with Crippen LogP contribution in [0.25, 0.3) is 0 Å². The van der Waals surface area contributed by atoms with E-state index in [0.29, 0.717) is 15.8 Å². The van der Waals surface area contributed by atoms with Crippen molar-refractivity contribution in [2.45, 2.75) is 13.3 Å². The Balaban J connectivity index is 2.31. The van der Waals surface area contributed by atoms with Crippen molar-refractivity contribution in [2.24, 2.45) is 0 Å². The van der Waals surface area contributed by atoms with Crippen molar-refractivity contribution >= 4 is 22.6 Å². The molecule has 1 aromatic heterocycles. The van der Waals surface area contributed by atoms with E-state index in [9.17, 15) is 4.79 Å². The number of hydrogen-bond donors (Lipinski definition) is 1. The molecule has 0 aliphatic carbocycles. The second kappa shape index (κ2) is 4.78. The Hall–Kier alpha value is -1.17. The molecule has 2 rings (SSSR count). The number of rotatable bonds is 2. The molecule has 82 valence electrons. The van der Waals surface area contributed by atoms with Gasteiger partial charge in [-0.1, -0.05) is 24.3 Å².